The highest BCUT2D eigenvalue weighted by atomic mass is 79.9. The van der Waals surface area contributed by atoms with Crippen LogP contribution in [-0.2, 0) is 11.4 Å². The molecule has 0 unspecified atom stereocenters. The van der Waals surface area contributed by atoms with Gasteiger partial charge in [-0.05, 0) is 53.2 Å². The molecule has 1 aliphatic rings. The van der Waals surface area contributed by atoms with Crippen molar-refractivity contribution >= 4 is 44.8 Å². The highest BCUT2D eigenvalue weighted by Crippen LogP contribution is 2.38. The van der Waals surface area contributed by atoms with Crippen LogP contribution in [0.3, 0.4) is 0 Å². The van der Waals surface area contributed by atoms with Crippen LogP contribution in [0.1, 0.15) is 11.1 Å². The molecule has 0 bridgehead atoms. The van der Waals surface area contributed by atoms with Gasteiger partial charge in [-0.3, -0.25) is 14.7 Å². The molecule has 0 aromatic heterocycles. The third-order valence-electron chi connectivity index (χ3n) is 4.05. The summed E-state index contributed by atoms with van der Waals surface area (Å²) in [7, 11) is 4.89. The Hall–Kier alpha value is -2.32. The van der Waals surface area contributed by atoms with Gasteiger partial charge in [0.1, 0.15) is 12.4 Å². The lowest BCUT2D eigenvalue weighted by molar-refractivity contribution is -0.121. The lowest BCUT2D eigenvalue weighted by Gasteiger charge is -2.13. The van der Waals surface area contributed by atoms with Crippen molar-refractivity contribution in [1.82, 2.24) is 4.90 Å². The molecule has 3 rings (SSSR count). The Bertz CT molecular complexity index is 978. The molecule has 8 heteroatoms. The van der Waals surface area contributed by atoms with Gasteiger partial charge in [-0.1, -0.05) is 28.1 Å². The van der Waals surface area contributed by atoms with Gasteiger partial charge in [0.25, 0.3) is 5.91 Å². The van der Waals surface area contributed by atoms with Crippen LogP contribution in [0.2, 0.25) is 0 Å². The molecule has 0 aliphatic carbocycles. The second-order valence-electron chi connectivity index (χ2n) is 5.92. The summed E-state index contributed by atoms with van der Waals surface area (Å²) in [5, 5.41) is 0.648. The van der Waals surface area contributed by atoms with Crippen molar-refractivity contribution in [3.63, 3.8) is 0 Å². The Morgan fingerprint density at radius 2 is 2.07 bits per heavy atom. The molecule has 0 atom stereocenters. The van der Waals surface area contributed by atoms with E-state index in [4.69, 9.17) is 9.47 Å². The van der Waals surface area contributed by atoms with Crippen molar-refractivity contribution in [2.24, 2.45) is 4.99 Å². The minimum atomic E-state index is -0.310. The maximum atomic E-state index is 13.3. The van der Waals surface area contributed by atoms with E-state index in [9.17, 15) is 9.18 Å². The molecule has 1 saturated heterocycles. The number of amides is 1. The number of halogens is 2. The van der Waals surface area contributed by atoms with Crippen molar-refractivity contribution in [3.05, 3.63) is 62.7 Å². The summed E-state index contributed by atoms with van der Waals surface area (Å²) in [6.07, 6.45) is 1.78. The first-order chi connectivity index (χ1) is 13.4. The predicted molar refractivity (Wildman–Crippen MR) is 113 cm³/mol. The smallest absolute Gasteiger partial charge is 0.266 e. The van der Waals surface area contributed by atoms with Gasteiger partial charge in [0.2, 0.25) is 0 Å². The number of aliphatic imine (C=N–C) groups is 1. The summed E-state index contributed by atoms with van der Waals surface area (Å²) in [6, 6.07) is 9.79. The lowest BCUT2D eigenvalue weighted by atomic mass is 10.1. The van der Waals surface area contributed by atoms with E-state index in [2.05, 4.69) is 20.9 Å². The third-order valence-corrected chi connectivity index (χ3v) is 5.89. The summed E-state index contributed by atoms with van der Waals surface area (Å²) in [5.74, 6) is 0.608. The molecule has 1 heterocycles. The molecule has 1 aliphatic heterocycles. The number of ether oxygens (including phenoxy) is 2. The average molecular weight is 465 g/mol. The zero-order valence-electron chi connectivity index (χ0n) is 15.5. The van der Waals surface area contributed by atoms with E-state index in [0.717, 1.165) is 10.0 Å². The van der Waals surface area contributed by atoms with Gasteiger partial charge in [-0.25, -0.2) is 4.39 Å². The standard InChI is InChI=1S/C20H18BrFN2O3S/c1-23-20-24(2)19(25)18(28-20)9-13-8-16(26-3)17(10-15(13)21)27-11-12-5-4-6-14(22)7-12/h4-10H,11H2,1-3H3/b18-9+,23-20?. The Morgan fingerprint density at radius 3 is 2.71 bits per heavy atom. The Balaban J connectivity index is 1.86. The van der Waals surface area contributed by atoms with Crippen molar-refractivity contribution in [2.75, 3.05) is 21.2 Å². The number of rotatable bonds is 5. The number of carbonyl (C=O) groups excluding carboxylic acids is 1. The highest BCUT2D eigenvalue weighted by Gasteiger charge is 2.30. The van der Waals surface area contributed by atoms with Crippen molar-refractivity contribution < 1.29 is 18.7 Å². The number of hydrogen-bond donors (Lipinski definition) is 0. The minimum absolute atomic E-state index is 0.108. The molecule has 146 valence electrons. The monoisotopic (exact) mass is 464 g/mol. The van der Waals surface area contributed by atoms with Gasteiger partial charge in [-0.2, -0.15) is 0 Å². The normalized spacial score (nSPS) is 16.9. The molecular weight excluding hydrogens is 447 g/mol. The molecular formula is C20H18BrFN2O3S. The van der Waals surface area contributed by atoms with Crippen LogP contribution < -0.4 is 9.47 Å². The Labute approximate surface area is 175 Å². The van der Waals surface area contributed by atoms with Crippen molar-refractivity contribution in [2.45, 2.75) is 6.61 Å². The molecule has 1 amide bonds. The first-order valence-corrected chi connectivity index (χ1v) is 9.93. The van der Waals surface area contributed by atoms with E-state index in [-0.39, 0.29) is 18.3 Å². The first-order valence-electron chi connectivity index (χ1n) is 8.32. The van der Waals surface area contributed by atoms with E-state index in [1.807, 2.05) is 0 Å². The number of carbonyl (C=O) groups is 1. The SMILES string of the molecule is CN=C1S/C(=C/c2cc(OC)c(OCc3cccc(F)c3)cc2Br)C(=O)N1C. The summed E-state index contributed by atoms with van der Waals surface area (Å²) in [4.78, 5) is 18.5. The molecule has 0 radical (unpaired) electrons. The minimum Gasteiger partial charge on any atom is -0.493 e. The highest BCUT2D eigenvalue weighted by molar-refractivity contribution is 9.10. The van der Waals surface area contributed by atoms with Gasteiger partial charge < -0.3 is 9.47 Å². The van der Waals surface area contributed by atoms with Crippen LogP contribution in [0.25, 0.3) is 6.08 Å². The maximum absolute atomic E-state index is 13.3. The average Bonchev–Trinajstić information content (AvgIpc) is 2.95. The summed E-state index contributed by atoms with van der Waals surface area (Å²) < 4.78 is 25.3. The van der Waals surface area contributed by atoms with E-state index in [1.165, 1.54) is 28.8 Å². The van der Waals surface area contributed by atoms with Crippen LogP contribution in [-0.4, -0.2) is 37.2 Å². The van der Waals surface area contributed by atoms with Gasteiger partial charge >= 0.3 is 0 Å². The molecule has 28 heavy (non-hydrogen) atoms. The summed E-state index contributed by atoms with van der Waals surface area (Å²) in [5.41, 5.74) is 1.49. The molecule has 0 spiro atoms. The maximum Gasteiger partial charge on any atom is 0.266 e. The fourth-order valence-corrected chi connectivity index (χ4v) is 3.97. The zero-order chi connectivity index (χ0) is 20.3. The molecule has 0 saturated carbocycles. The number of thioether (sulfide) groups is 1. The summed E-state index contributed by atoms with van der Waals surface area (Å²) in [6.45, 7) is 0.205. The number of hydrogen-bond acceptors (Lipinski definition) is 5. The zero-order valence-corrected chi connectivity index (χ0v) is 17.9. The Kier molecular flexibility index (Phi) is 6.41. The largest absolute Gasteiger partial charge is 0.493 e. The van der Waals surface area contributed by atoms with Gasteiger partial charge in [0.15, 0.2) is 16.7 Å². The number of nitrogens with zero attached hydrogens (tertiary/aromatic N) is 2. The molecule has 2 aromatic carbocycles. The van der Waals surface area contributed by atoms with E-state index in [1.54, 1.807) is 51.5 Å². The van der Waals surface area contributed by atoms with Gasteiger partial charge in [0.05, 0.1) is 12.0 Å². The quantitative estimate of drug-likeness (QED) is 0.601. The van der Waals surface area contributed by atoms with Gasteiger partial charge in [-0.15, -0.1) is 0 Å². The molecule has 2 aromatic rings. The topological polar surface area (TPSA) is 51.1 Å². The second kappa shape index (κ2) is 8.79. The van der Waals surface area contributed by atoms with Crippen molar-refractivity contribution in [1.29, 1.82) is 0 Å². The fraction of sp³-hybridized carbons (Fsp3) is 0.200. The Morgan fingerprint density at radius 1 is 1.29 bits per heavy atom. The number of methoxy groups -OCH3 is 1. The number of likely N-dealkylation sites (N-methyl/N-ethyl adjacent to an activating group) is 1. The molecule has 5 nitrogen and oxygen atoms in total. The molecule has 1 fully saturated rings. The first kappa shape index (κ1) is 20.4. The van der Waals surface area contributed by atoms with Crippen LogP contribution in [0, 0.1) is 5.82 Å². The number of benzene rings is 2. The van der Waals surface area contributed by atoms with Gasteiger partial charge in [0, 0.05) is 18.6 Å². The second-order valence-corrected chi connectivity index (χ2v) is 7.79. The van der Waals surface area contributed by atoms with E-state index < -0.39 is 0 Å². The van der Waals surface area contributed by atoms with Crippen LogP contribution in [0.4, 0.5) is 4.39 Å². The fourth-order valence-electron chi connectivity index (χ4n) is 2.61. The third kappa shape index (κ3) is 4.39. The number of amidine groups is 1. The van der Waals surface area contributed by atoms with Crippen LogP contribution in [0.5, 0.6) is 11.5 Å². The van der Waals surface area contributed by atoms with Crippen LogP contribution in [0.15, 0.2) is 50.8 Å². The van der Waals surface area contributed by atoms with Crippen LogP contribution >= 0.6 is 27.7 Å². The van der Waals surface area contributed by atoms with E-state index >= 15 is 0 Å². The predicted octanol–water partition coefficient (Wildman–Crippen LogP) is 4.71. The van der Waals surface area contributed by atoms with E-state index in [0.29, 0.717) is 27.1 Å². The lowest BCUT2D eigenvalue weighted by Crippen LogP contribution is -2.23. The molecule has 0 N–H and O–H groups in total. The summed E-state index contributed by atoms with van der Waals surface area (Å²) >= 11 is 4.83. The van der Waals surface area contributed by atoms with Crippen molar-refractivity contribution in [3.8, 4) is 11.5 Å².